The van der Waals surface area contributed by atoms with Crippen LogP contribution in [-0.4, -0.2) is 41.2 Å². The van der Waals surface area contributed by atoms with Crippen LogP contribution in [0.5, 0.6) is 5.75 Å². The molecule has 0 saturated heterocycles. The third kappa shape index (κ3) is 4.17. The first-order valence-corrected chi connectivity index (χ1v) is 9.83. The van der Waals surface area contributed by atoms with Crippen LogP contribution in [0.15, 0.2) is 18.2 Å². The number of fused-ring (bicyclic) bond motifs is 1. The Morgan fingerprint density at radius 3 is 2.64 bits per heavy atom. The first kappa shape index (κ1) is 18.2. The van der Waals surface area contributed by atoms with E-state index in [0.717, 1.165) is 44.3 Å². The maximum absolute atomic E-state index is 12.9. The Morgan fingerprint density at radius 2 is 1.92 bits per heavy atom. The van der Waals surface area contributed by atoms with Crippen LogP contribution in [0.2, 0.25) is 0 Å². The summed E-state index contributed by atoms with van der Waals surface area (Å²) in [5.41, 5.74) is 2.78. The molecule has 4 heteroatoms. The van der Waals surface area contributed by atoms with Crippen molar-refractivity contribution in [2.45, 2.75) is 83.0 Å². The summed E-state index contributed by atoms with van der Waals surface area (Å²) in [6.45, 7) is 1.98. The minimum absolute atomic E-state index is 0.0221. The van der Waals surface area contributed by atoms with Gasteiger partial charge in [0.2, 0.25) is 0 Å². The number of benzene rings is 1. The lowest BCUT2D eigenvalue weighted by atomic mass is 9.91. The predicted octanol–water partition coefficient (Wildman–Crippen LogP) is 3.48. The second kappa shape index (κ2) is 8.22. The third-order valence-electron chi connectivity index (χ3n) is 5.78. The zero-order valence-corrected chi connectivity index (χ0v) is 15.5. The molecule has 0 radical (unpaired) electrons. The normalized spacial score (nSPS) is 24.3. The molecule has 1 N–H and O–H groups in total. The standard InChI is InChI=1S/C21H31NO3/c1-3-20(21(24)22(2)18-10-6-7-11-19(18)23)25-17-13-12-15-8-4-5-9-16(15)14-17/h12-14,18-20,23H,3-11H2,1-2H3/t18-,19-,20+/m1/s1. The van der Waals surface area contributed by atoms with Crippen molar-refractivity contribution in [1.82, 2.24) is 4.90 Å². The zero-order valence-electron chi connectivity index (χ0n) is 15.5. The number of hydrogen-bond donors (Lipinski definition) is 1. The topological polar surface area (TPSA) is 49.8 Å². The van der Waals surface area contributed by atoms with Gasteiger partial charge >= 0.3 is 0 Å². The number of aliphatic hydroxyl groups is 1. The van der Waals surface area contributed by atoms with Crippen LogP contribution in [0.3, 0.4) is 0 Å². The van der Waals surface area contributed by atoms with Crippen molar-refractivity contribution in [1.29, 1.82) is 0 Å². The van der Waals surface area contributed by atoms with Gasteiger partial charge in [-0.05, 0) is 68.2 Å². The van der Waals surface area contributed by atoms with Gasteiger partial charge in [-0.15, -0.1) is 0 Å². The van der Waals surface area contributed by atoms with Crippen LogP contribution in [-0.2, 0) is 17.6 Å². The van der Waals surface area contributed by atoms with Crippen LogP contribution in [0.1, 0.15) is 63.0 Å². The van der Waals surface area contributed by atoms with Gasteiger partial charge in [-0.1, -0.05) is 25.8 Å². The quantitative estimate of drug-likeness (QED) is 0.889. The van der Waals surface area contributed by atoms with Gasteiger partial charge in [-0.25, -0.2) is 0 Å². The van der Waals surface area contributed by atoms with Crippen molar-refractivity contribution in [2.24, 2.45) is 0 Å². The van der Waals surface area contributed by atoms with E-state index in [1.54, 1.807) is 11.9 Å². The van der Waals surface area contributed by atoms with Gasteiger partial charge in [0.05, 0.1) is 12.1 Å². The molecule has 0 bridgehead atoms. The molecular weight excluding hydrogens is 314 g/mol. The molecule has 138 valence electrons. The second-order valence-corrected chi connectivity index (χ2v) is 7.52. The van der Waals surface area contributed by atoms with Gasteiger partial charge in [0.15, 0.2) is 6.10 Å². The molecule has 1 aromatic carbocycles. The van der Waals surface area contributed by atoms with E-state index in [2.05, 4.69) is 12.1 Å². The summed E-state index contributed by atoms with van der Waals surface area (Å²) >= 11 is 0. The van der Waals surface area contributed by atoms with E-state index in [-0.39, 0.29) is 11.9 Å². The van der Waals surface area contributed by atoms with Crippen LogP contribution in [0, 0.1) is 0 Å². The van der Waals surface area contributed by atoms with Crippen molar-refractivity contribution >= 4 is 5.91 Å². The number of rotatable bonds is 5. The molecule has 0 spiro atoms. The number of aliphatic hydroxyl groups excluding tert-OH is 1. The summed E-state index contributed by atoms with van der Waals surface area (Å²) in [6.07, 6.45) is 8.24. The Kier molecular flexibility index (Phi) is 6.00. The smallest absolute Gasteiger partial charge is 0.263 e. The molecule has 3 atom stereocenters. The van der Waals surface area contributed by atoms with Gasteiger partial charge < -0.3 is 14.7 Å². The lowest BCUT2D eigenvalue weighted by Gasteiger charge is -2.36. The van der Waals surface area contributed by atoms with Gasteiger partial charge in [-0.2, -0.15) is 0 Å². The van der Waals surface area contributed by atoms with E-state index in [4.69, 9.17) is 4.74 Å². The lowest BCUT2D eigenvalue weighted by Crippen LogP contribution is -2.50. The minimum atomic E-state index is -0.485. The summed E-state index contributed by atoms with van der Waals surface area (Å²) in [5, 5.41) is 10.2. The molecule has 1 fully saturated rings. The number of hydrogen-bond acceptors (Lipinski definition) is 3. The Balaban J connectivity index is 1.68. The fourth-order valence-corrected chi connectivity index (χ4v) is 4.19. The maximum Gasteiger partial charge on any atom is 0.263 e. The first-order chi connectivity index (χ1) is 12.1. The zero-order chi connectivity index (χ0) is 17.8. The lowest BCUT2D eigenvalue weighted by molar-refractivity contribution is -0.143. The molecule has 3 rings (SSSR count). The summed E-state index contributed by atoms with van der Waals surface area (Å²) in [5.74, 6) is 0.768. The highest BCUT2D eigenvalue weighted by atomic mass is 16.5. The maximum atomic E-state index is 12.9. The van der Waals surface area contributed by atoms with E-state index in [1.165, 1.54) is 24.0 Å². The number of ether oxygens (including phenoxy) is 1. The summed E-state index contributed by atoms with van der Waals surface area (Å²) in [4.78, 5) is 14.6. The van der Waals surface area contributed by atoms with E-state index in [1.807, 2.05) is 13.0 Å². The number of aryl methyl sites for hydroxylation is 2. The van der Waals surface area contributed by atoms with E-state index >= 15 is 0 Å². The average molecular weight is 345 g/mol. The highest BCUT2D eigenvalue weighted by Gasteiger charge is 2.33. The number of nitrogens with zero attached hydrogens (tertiary/aromatic N) is 1. The van der Waals surface area contributed by atoms with Crippen molar-refractivity contribution in [2.75, 3.05) is 7.05 Å². The Bertz CT molecular complexity index is 601. The second-order valence-electron chi connectivity index (χ2n) is 7.52. The van der Waals surface area contributed by atoms with Gasteiger partial charge in [0.1, 0.15) is 5.75 Å². The van der Waals surface area contributed by atoms with Crippen molar-refractivity contribution < 1.29 is 14.6 Å². The minimum Gasteiger partial charge on any atom is -0.481 e. The predicted molar refractivity (Wildman–Crippen MR) is 98.8 cm³/mol. The molecule has 1 saturated carbocycles. The Morgan fingerprint density at radius 1 is 1.20 bits per heavy atom. The number of likely N-dealkylation sites (N-methyl/N-ethyl adjacent to an activating group) is 1. The molecule has 25 heavy (non-hydrogen) atoms. The fourth-order valence-electron chi connectivity index (χ4n) is 4.19. The number of carbonyl (C=O) groups excluding carboxylic acids is 1. The molecule has 1 amide bonds. The van der Waals surface area contributed by atoms with Crippen molar-refractivity contribution in [3.8, 4) is 5.75 Å². The van der Waals surface area contributed by atoms with Gasteiger partial charge in [0.25, 0.3) is 5.91 Å². The van der Waals surface area contributed by atoms with Crippen LogP contribution in [0.25, 0.3) is 0 Å². The highest BCUT2D eigenvalue weighted by molar-refractivity contribution is 5.81. The molecule has 2 aliphatic carbocycles. The molecule has 1 aromatic rings. The van der Waals surface area contributed by atoms with Gasteiger partial charge in [0, 0.05) is 7.05 Å². The molecule has 2 aliphatic rings. The van der Waals surface area contributed by atoms with Crippen molar-refractivity contribution in [3.05, 3.63) is 29.3 Å². The molecular formula is C21H31NO3. The molecule has 0 unspecified atom stereocenters. The number of amides is 1. The van der Waals surface area contributed by atoms with E-state index in [0.29, 0.717) is 6.42 Å². The summed E-state index contributed by atoms with van der Waals surface area (Å²) in [7, 11) is 1.81. The van der Waals surface area contributed by atoms with Crippen LogP contribution in [0.4, 0.5) is 0 Å². The summed E-state index contributed by atoms with van der Waals surface area (Å²) < 4.78 is 6.07. The van der Waals surface area contributed by atoms with E-state index < -0.39 is 12.2 Å². The van der Waals surface area contributed by atoms with Gasteiger partial charge in [-0.3, -0.25) is 4.79 Å². The molecule has 0 aromatic heterocycles. The molecule has 0 aliphatic heterocycles. The number of carbonyl (C=O) groups is 1. The molecule has 4 nitrogen and oxygen atoms in total. The van der Waals surface area contributed by atoms with Crippen LogP contribution >= 0.6 is 0 Å². The third-order valence-corrected chi connectivity index (χ3v) is 5.78. The molecule has 0 heterocycles. The Hall–Kier alpha value is -1.55. The summed E-state index contributed by atoms with van der Waals surface area (Å²) in [6, 6.07) is 6.17. The largest absolute Gasteiger partial charge is 0.481 e. The first-order valence-electron chi connectivity index (χ1n) is 9.83. The van der Waals surface area contributed by atoms with Crippen LogP contribution < -0.4 is 4.74 Å². The fraction of sp³-hybridized carbons (Fsp3) is 0.667. The van der Waals surface area contributed by atoms with E-state index in [9.17, 15) is 9.90 Å². The Labute approximate surface area is 151 Å². The highest BCUT2D eigenvalue weighted by Crippen LogP contribution is 2.27. The van der Waals surface area contributed by atoms with Crippen molar-refractivity contribution in [3.63, 3.8) is 0 Å². The monoisotopic (exact) mass is 345 g/mol. The SMILES string of the molecule is CC[C@H](Oc1ccc2c(c1)CCCC2)C(=O)N(C)[C@@H]1CCCC[C@H]1O. The average Bonchev–Trinajstić information content (AvgIpc) is 2.65.